The molecule has 0 fully saturated rings. The Balaban J connectivity index is 2.89. The lowest BCUT2D eigenvalue weighted by molar-refractivity contribution is 0.0990. The maximum atomic E-state index is 12.4. The number of alkyl carbamates (subject to hydrolysis) is 1. The van der Waals surface area contributed by atoms with Crippen LogP contribution in [-0.4, -0.2) is 55.7 Å². The van der Waals surface area contributed by atoms with Gasteiger partial charge in [0, 0.05) is 6.54 Å². The molecule has 0 aliphatic carbocycles. The first-order chi connectivity index (χ1) is 15.3. The molecule has 1 rings (SSSR count). The highest BCUT2D eigenvalue weighted by Crippen LogP contribution is 2.36. The molecule has 2 N–H and O–H groups in total. The van der Waals surface area contributed by atoms with Crippen molar-refractivity contribution in [1.29, 1.82) is 0 Å². The number of benzene rings is 1. The highest BCUT2D eigenvalue weighted by molar-refractivity contribution is 6.74. The zero-order chi connectivity index (χ0) is 25.2. The van der Waals surface area contributed by atoms with E-state index >= 15 is 0 Å². The van der Waals surface area contributed by atoms with Crippen LogP contribution in [0.15, 0.2) is 55.6 Å². The van der Waals surface area contributed by atoms with E-state index in [1.165, 1.54) is 4.90 Å². The quantitative estimate of drug-likeness (QED) is 0.300. The number of nitrogens with zero attached hydrogens (tertiary/aromatic N) is 1. The van der Waals surface area contributed by atoms with Crippen LogP contribution in [-0.2, 0) is 15.8 Å². The van der Waals surface area contributed by atoms with Crippen LogP contribution >= 0.6 is 0 Å². The zero-order valence-corrected chi connectivity index (χ0v) is 21.8. The summed E-state index contributed by atoms with van der Waals surface area (Å²) in [4.78, 5) is 25.8. The molecule has 0 aliphatic rings. The Morgan fingerprint density at radius 2 is 1.79 bits per heavy atom. The number of rotatable bonds is 12. The molecule has 1 aromatic carbocycles. The van der Waals surface area contributed by atoms with E-state index in [1.54, 1.807) is 12.2 Å². The van der Waals surface area contributed by atoms with Crippen molar-refractivity contribution < 1.29 is 23.9 Å². The van der Waals surface area contributed by atoms with Gasteiger partial charge in [-0.15, -0.1) is 13.2 Å². The molecular formula is C25H40N2O5Si. The van der Waals surface area contributed by atoms with Gasteiger partial charge >= 0.3 is 12.2 Å². The third-order valence-corrected chi connectivity index (χ3v) is 10.8. The number of amides is 2. The fraction of sp³-hybridized carbons (Fsp3) is 0.520. The third-order valence-electron chi connectivity index (χ3n) is 6.26. The van der Waals surface area contributed by atoms with Crippen molar-refractivity contribution >= 4 is 20.5 Å². The Kier molecular flexibility index (Phi) is 10.9. The second-order valence-electron chi connectivity index (χ2n) is 9.72. The van der Waals surface area contributed by atoms with Gasteiger partial charge in [0.15, 0.2) is 8.32 Å². The summed E-state index contributed by atoms with van der Waals surface area (Å²) >= 11 is 0. The van der Waals surface area contributed by atoms with Gasteiger partial charge in [0.25, 0.3) is 0 Å². The molecule has 0 unspecified atom stereocenters. The van der Waals surface area contributed by atoms with E-state index in [0.29, 0.717) is 0 Å². The van der Waals surface area contributed by atoms with Gasteiger partial charge in [0.1, 0.15) is 6.61 Å². The summed E-state index contributed by atoms with van der Waals surface area (Å²) < 4.78 is 11.6. The first-order valence-corrected chi connectivity index (χ1v) is 14.1. The molecule has 7 nitrogen and oxygen atoms in total. The fourth-order valence-corrected chi connectivity index (χ4v) is 3.81. The van der Waals surface area contributed by atoms with E-state index in [4.69, 9.17) is 9.16 Å². The maximum Gasteiger partial charge on any atom is 0.407 e. The largest absolute Gasteiger partial charge is 0.465 e. The number of carboxylic acid groups (broad SMARTS) is 1. The standard InChI is InChI=1S/C25H40N2O5Si/c1-9-19(3)22(26-23(28)31-17-20-14-12-11-13-15-20)16-27(24(29)30)21(10-2)18-32-33(7,8)25(4,5)6/h9-15,19,21-22H,1-2,16-18H2,3-8H3,(H,26,28)(H,29,30)/t19-,21+,22-/m0/s1. The van der Waals surface area contributed by atoms with Crippen molar-refractivity contribution in [2.45, 2.75) is 64.5 Å². The van der Waals surface area contributed by atoms with Gasteiger partial charge in [0.2, 0.25) is 0 Å². The Morgan fingerprint density at radius 1 is 1.18 bits per heavy atom. The monoisotopic (exact) mass is 476 g/mol. The topological polar surface area (TPSA) is 88.1 Å². The molecule has 33 heavy (non-hydrogen) atoms. The summed E-state index contributed by atoms with van der Waals surface area (Å²) in [7, 11) is -2.08. The maximum absolute atomic E-state index is 12.4. The third kappa shape index (κ3) is 9.05. The summed E-state index contributed by atoms with van der Waals surface area (Å²) in [5, 5.41) is 12.7. The van der Waals surface area contributed by atoms with Crippen molar-refractivity contribution in [3.8, 4) is 0 Å². The Hall–Kier alpha value is -2.58. The van der Waals surface area contributed by atoms with Crippen LogP contribution in [0.1, 0.15) is 33.3 Å². The molecule has 0 bridgehead atoms. The van der Waals surface area contributed by atoms with Crippen molar-refractivity contribution in [3.05, 3.63) is 61.2 Å². The van der Waals surface area contributed by atoms with Gasteiger partial charge in [-0.2, -0.15) is 0 Å². The summed E-state index contributed by atoms with van der Waals surface area (Å²) in [5.41, 5.74) is 0.864. The number of carbonyl (C=O) groups excluding carboxylic acids is 1. The Labute approximate surface area is 199 Å². The minimum absolute atomic E-state index is 0.00324. The normalized spacial score (nSPS) is 14.5. The van der Waals surface area contributed by atoms with E-state index in [2.05, 4.69) is 52.3 Å². The summed E-state index contributed by atoms with van der Waals surface area (Å²) in [5.74, 6) is -0.192. The zero-order valence-electron chi connectivity index (χ0n) is 20.8. The van der Waals surface area contributed by atoms with E-state index in [9.17, 15) is 14.7 Å². The van der Waals surface area contributed by atoms with E-state index in [1.807, 2.05) is 37.3 Å². The minimum atomic E-state index is -2.08. The lowest BCUT2D eigenvalue weighted by Gasteiger charge is -2.39. The lowest BCUT2D eigenvalue weighted by atomic mass is 10.0. The molecule has 8 heteroatoms. The number of nitrogens with one attached hydrogen (secondary N) is 1. The highest BCUT2D eigenvalue weighted by Gasteiger charge is 2.38. The molecule has 3 atom stereocenters. The molecule has 0 spiro atoms. The Morgan fingerprint density at radius 3 is 2.27 bits per heavy atom. The summed E-state index contributed by atoms with van der Waals surface area (Å²) in [6.07, 6.45) is 1.52. The van der Waals surface area contributed by atoms with Crippen LogP contribution in [0, 0.1) is 5.92 Å². The number of hydrogen-bond acceptors (Lipinski definition) is 4. The predicted molar refractivity (Wildman–Crippen MR) is 135 cm³/mol. The average molecular weight is 477 g/mol. The van der Waals surface area contributed by atoms with Crippen molar-refractivity contribution in [2.75, 3.05) is 13.2 Å². The van der Waals surface area contributed by atoms with Gasteiger partial charge in [0.05, 0.1) is 18.7 Å². The van der Waals surface area contributed by atoms with Crippen LogP contribution in [0.5, 0.6) is 0 Å². The number of ether oxygens (including phenoxy) is 1. The molecular weight excluding hydrogens is 436 g/mol. The number of carbonyl (C=O) groups is 2. The summed E-state index contributed by atoms with van der Waals surface area (Å²) in [6.45, 7) is 20.5. The van der Waals surface area contributed by atoms with Crippen molar-refractivity contribution in [3.63, 3.8) is 0 Å². The molecule has 0 aromatic heterocycles. The lowest BCUT2D eigenvalue weighted by Crippen LogP contribution is -2.53. The average Bonchev–Trinajstić information content (AvgIpc) is 2.75. The first-order valence-electron chi connectivity index (χ1n) is 11.2. The van der Waals surface area contributed by atoms with Gasteiger partial charge in [-0.3, -0.25) is 4.90 Å². The van der Waals surface area contributed by atoms with Gasteiger partial charge in [-0.05, 0) is 29.6 Å². The molecule has 0 saturated heterocycles. The van der Waals surface area contributed by atoms with E-state index in [-0.39, 0.29) is 30.7 Å². The number of hydrogen-bond donors (Lipinski definition) is 2. The van der Waals surface area contributed by atoms with E-state index in [0.717, 1.165) is 5.56 Å². The molecule has 184 valence electrons. The Bertz CT molecular complexity index is 792. The van der Waals surface area contributed by atoms with E-state index < -0.39 is 32.6 Å². The molecule has 0 saturated carbocycles. The van der Waals surface area contributed by atoms with Crippen molar-refractivity contribution in [1.82, 2.24) is 10.2 Å². The van der Waals surface area contributed by atoms with Crippen LogP contribution < -0.4 is 5.32 Å². The van der Waals surface area contributed by atoms with Gasteiger partial charge in [-0.1, -0.05) is 70.2 Å². The minimum Gasteiger partial charge on any atom is -0.465 e. The van der Waals surface area contributed by atoms with Crippen LogP contribution in [0.25, 0.3) is 0 Å². The molecule has 0 radical (unpaired) electrons. The second kappa shape index (κ2) is 12.6. The molecule has 1 aromatic rings. The van der Waals surface area contributed by atoms with Crippen LogP contribution in [0.4, 0.5) is 9.59 Å². The first kappa shape index (κ1) is 28.4. The highest BCUT2D eigenvalue weighted by atomic mass is 28.4. The summed E-state index contributed by atoms with van der Waals surface area (Å²) in [6, 6.07) is 8.25. The SMILES string of the molecule is C=C[C@H](CO[Si](C)(C)C(C)(C)C)N(C[C@H](NC(=O)OCc1ccccc1)[C@@H](C)C=C)C(=O)O. The second-order valence-corrected chi connectivity index (χ2v) is 14.5. The fourth-order valence-electron chi connectivity index (χ4n) is 2.79. The molecule has 0 heterocycles. The van der Waals surface area contributed by atoms with Gasteiger partial charge in [-0.25, -0.2) is 9.59 Å². The van der Waals surface area contributed by atoms with Crippen molar-refractivity contribution in [2.24, 2.45) is 5.92 Å². The molecule has 0 aliphatic heterocycles. The predicted octanol–water partition coefficient (Wildman–Crippen LogP) is 5.66. The van der Waals surface area contributed by atoms with Crippen LogP contribution in [0.3, 0.4) is 0 Å². The smallest absolute Gasteiger partial charge is 0.407 e. The molecule has 2 amide bonds. The van der Waals surface area contributed by atoms with Gasteiger partial charge < -0.3 is 19.6 Å². The van der Waals surface area contributed by atoms with Crippen LogP contribution in [0.2, 0.25) is 18.1 Å².